The molecular weight excluding hydrogens is 246 g/mol. The smallest absolute Gasteiger partial charge is 0.445 e. The van der Waals surface area contributed by atoms with Crippen LogP contribution in [0.1, 0.15) is 27.7 Å². The first-order valence-electron chi connectivity index (χ1n) is 5.85. The minimum atomic E-state index is -4.90. The summed E-state index contributed by atoms with van der Waals surface area (Å²) in [6.45, 7) is 2.38. The van der Waals surface area contributed by atoms with E-state index in [9.17, 15) is 17.7 Å². The lowest BCUT2D eigenvalue weighted by Crippen LogP contribution is -2.52. The van der Waals surface area contributed by atoms with Crippen LogP contribution in [0.5, 0.6) is 0 Å². The molecule has 1 saturated heterocycles. The fraction of sp³-hybridized carbons (Fsp3) is 0.727. The van der Waals surface area contributed by atoms with Gasteiger partial charge in [-0.05, 0) is 27.7 Å². The number of hydrogen-bond donors (Lipinski definition) is 0. The van der Waals surface area contributed by atoms with E-state index in [2.05, 4.69) is 0 Å². The molecule has 1 heterocycles. The molecule has 1 amide bonds. The van der Waals surface area contributed by atoms with Gasteiger partial charge in [-0.3, -0.25) is 0 Å². The molecule has 1 fully saturated rings. The lowest BCUT2D eigenvalue weighted by molar-refractivity contribution is 0.00373. The number of amides is 1. The Hall–Kier alpha value is -1.14. The van der Waals surface area contributed by atoms with Gasteiger partial charge >= 0.3 is 13.1 Å². The first-order chi connectivity index (χ1) is 7.98. The van der Waals surface area contributed by atoms with E-state index in [1.807, 2.05) is 0 Å². The molecule has 0 bridgehead atoms. The Morgan fingerprint density at radius 2 is 1.83 bits per heavy atom. The highest BCUT2D eigenvalue weighted by Crippen LogP contribution is 2.27. The number of likely N-dealkylation sites (tertiary alicyclic amines) is 1. The minimum Gasteiger partial charge on any atom is -0.445 e. The van der Waals surface area contributed by atoms with Crippen LogP contribution in [-0.4, -0.2) is 36.7 Å². The highest BCUT2D eigenvalue weighted by molar-refractivity contribution is 6.64. The van der Waals surface area contributed by atoms with E-state index in [1.54, 1.807) is 20.8 Å². The summed E-state index contributed by atoms with van der Waals surface area (Å²) < 4.78 is 41.7. The van der Waals surface area contributed by atoms with Crippen molar-refractivity contribution in [2.45, 2.75) is 33.3 Å². The van der Waals surface area contributed by atoms with Crippen molar-refractivity contribution in [2.75, 3.05) is 13.1 Å². The highest BCUT2D eigenvalue weighted by atomic mass is 19.4. The molecule has 0 aromatic heterocycles. The van der Waals surface area contributed by atoms with E-state index in [-0.39, 0.29) is 11.5 Å². The molecule has 1 aliphatic rings. The van der Waals surface area contributed by atoms with Crippen LogP contribution in [0.15, 0.2) is 11.5 Å². The molecule has 0 aromatic carbocycles. The summed E-state index contributed by atoms with van der Waals surface area (Å²) in [6.07, 6.45) is -0.468. The quantitative estimate of drug-likeness (QED) is 0.717. The molecule has 1 rings (SSSR count). The average Bonchev–Trinajstić information content (AvgIpc) is 1.91. The summed E-state index contributed by atoms with van der Waals surface area (Å²) in [6, 6.07) is 0. The zero-order valence-corrected chi connectivity index (χ0v) is 11.0. The maximum Gasteiger partial charge on any atom is 0.502 e. The van der Waals surface area contributed by atoms with Gasteiger partial charge in [0.2, 0.25) is 0 Å². The van der Waals surface area contributed by atoms with Crippen molar-refractivity contribution in [1.29, 1.82) is 0 Å². The molecule has 0 unspecified atom stereocenters. The zero-order valence-electron chi connectivity index (χ0n) is 11.0. The molecule has 0 atom stereocenters. The van der Waals surface area contributed by atoms with Crippen molar-refractivity contribution in [3.8, 4) is 0 Å². The van der Waals surface area contributed by atoms with Gasteiger partial charge in [0.25, 0.3) is 0 Å². The van der Waals surface area contributed by atoms with Crippen molar-refractivity contribution >= 4 is 13.1 Å². The third-order valence-corrected chi connectivity index (χ3v) is 2.63. The Morgan fingerprint density at radius 1 is 1.33 bits per heavy atom. The third-order valence-electron chi connectivity index (χ3n) is 2.63. The number of ether oxygens (including phenoxy) is 1. The fourth-order valence-electron chi connectivity index (χ4n) is 1.68. The third kappa shape index (κ3) is 4.62. The monoisotopic (exact) mass is 264 g/mol. The fourth-order valence-corrected chi connectivity index (χ4v) is 1.68. The van der Waals surface area contributed by atoms with E-state index >= 15 is 0 Å². The minimum absolute atomic E-state index is 0.207. The number of carbonyl (C=O) groups excluding carboxylic acids is 1. The molecular formula is C11H18BF3NO2-. The summed E-state index contributed by atoms with van der Waals surface area (Å²) in [7, 11) is 0. The molecule has 18 heavy (non-hydrogen) atoms. The molecule has 0 spiro atoms. The number of carbonyl (C=O) groups is 1. The van der Waals surface area contributed by atoms with E-state index < -0.39 is 18.7 Å². The second-order valence-corrected chi connectivity index (χ2v) is 5.62. The van der Waals surface area contributed by atoms with Gasteiger partial charge in [0, 0.05) is 19.0 Å². The van der Waals surface area contributed by atoms with Crippen LogP contribution in [0.3, 0.4) is 0 Å². The van der Waals surface area contributed by atoms with Crippen LogP contribution in [0, 0.1) is 5.92 Å². The predicted octanol–water partition coefficient (Wildman–Crippen LogP) is 3.19. The number of halogens is 3. The molecule has 0 aliphatic carbocycles. The number of hydrogen-bond acceptors (Lipinski definition) is 2. The van der Waals surface area contributed by atoms with E-state index in [4.69, 9.17) is 4.74 Å². The Balaban J connectivity index is 2.45. The predicted molar refractivity (Wildman–Crippen MR) is 64.1 cm³/mol. The summed E-state index contributed by atoms with van der Waals surface area (Å²) >= 11 is 0. The summed E-state index contributed by atoms with van der Waals surface area (Å²) in [5.74, 6) is 0.151. The van der Waals surface area contributed by atoms with Gasteiger partial charge in [-0.25, -0.2) is 4.79 Å². The molecule has 0 aromatic rings. The lowest BCUT2D eigenvalue weighted by Gasteiger charge is -2.41. The Bertz CT molecular complexity index is 354. The molecule has 0 N–H and O–H groups in total. The van der Waals surface area contributed by atoms with Crippen molar-refractivity contribution in [3.63, 3.8) is 0 Å². The van der Waals surface area contributed by atoms with Gasteiger partial charge in [0.05, 0.1) is 0 Å². The summed E-state index contributed by atoms with van der Waals surface area (Å²) in [5, 5.41) is 0. The van der Waals surface area contributed by atoms with Gasteiger partial charge in [-0.2, -0.15) is 0 Å². The van der Waals surface area contributed by atoms with Crippen LogP contribution < -0.4 is 0 Å². The average molecular weight is 264 g/mol. The highest BCUT2D eigenvalue weighted by Gasteiger charge is 2.35. The lowest BCUT2D eigenvalue weighted by atomic mass is 9.82. The Morgan fingerprint density at radius 3 is 2.22 bits per heavy atom. The molecule has 0 radical (unpaired) electrons. The van der Waals surface area contributed by atoms with Gasteiger partial charge in [-0.15, -0.1) is 11.5 Å². The van der Waals surface area contributed by atoms with Crippen LogP contribution in [0.4, 0.5) is 17.7 Å². The van der Waals surface area contributed by atoms with Crippen LogP contribution >= 0.6 is 0 Å². The van der Waals surface area contributed by atoms with Gasteiger partial charge in [0.1, 0.15) is 5.60 Å². The topological polar surface area (TPSA) is 29.5 Å². The second-order valence-electron chi connectivity index (χ2n) is 5.62. The summed E-state index contributed by atoms with van der Waals surface area (Å²) in [5.41, 5.74) is -0.301. The maximum atomic E-state index is 12.2. The van der Waals surface area contributed by atoms with Gasteiger partial charge in [-0.1, -0.05) is 0 Å². The molecule has 7 heteroatoms. The maximum absolute atomic E-state index is 12.2. The molecule has 0 saturated carbocycles. The van der Waals surface area contributed by atoms with Crippen LogP contribution in [-0.2, 0) is 4.74 Å². The summed E-state index contributed by atoms with van der Waals surface area (Å²) in [4.78, 5) is 13.0. The zero-order chi connectivity index (χ0) is 14.1. The Labute approximate surface area is 105 Å². The van der Waals surface area contributed by atoms with E-state index in [1.165, 1.54) is 11.8 Å². The van der Waals surface area contributed by atoms with Crippen LogP contribution in [0.2, 0.25) is 0 Å². The number of rotatable bonds is 2. The van der Waals surface area contributed by atoms with E-state index in [0.717, 1.165) is 0 Å². The Kier molecular flexibility index (Phi) is 4.03. The van der Waals surface area contributed by atoms with Crippen molar-refractivity contribution in [1.82, 2.24) is 4.90 Å². The van der Waals surface area contributed by atoms with Gasteiger partial charge < -0.3 is 22.6 Å². The van der Waals surface area contributed by atoms with Crippen LogP contribution in [0.25, 0.3) is 0 Å². The molecule has 1 aliphatic heterocycles. The normalized spacial score (nSPS) is 18.6. The van der Waals surface area contributed by atoms with Crippen molar-refractivity contribution < 1.29 is 22.5 Å². The standard InChI is InChI=1S/C11H18BF3NO2/c1-8(5-12(13,14)15)9-6-16(7-9)10(17)18-11(2,3)4/h5,9H,6-7H2,1-4H3/q-1/b8-5+. The largest absolute Gasteiger partial charge is 0.502 e. The van der Waals surface area contributed by atoms with Crippen molar-refractivity contribution in [2.24, 2.45) is 5.92 Å². The molecule has 104 valence electrons. The first-order valence-corrected chi connectivity index (χ1v) is 5.85. The van der Waals surface area contributed by atoms with E-state index in [0.29, 0.717) is 19.1 Å². The second kappa shape index (κ2) is 4.86. The SMILES string of the molecule is C/C(=C\[B-](F)(F)F)C1CN(C(=O)OC(C)(C)C)C1. The van der Waals surface area contributed by atoms with Crippen molar-refractivity contribution in [3.05, 3.63) is 11.5 Å². The van der Waals surface area contributed by atoms with Gasteiger partial charge in [0.15, 0.2) is 0 Å². The first kappa shape index (κ1) is 14.9. The molecule has 3 nitrogen and oxygen atoms in total. The number of nitrogens with zero attached hydrogens (tertiary/aromatic N) is 1.